The van der Waals surface area contributed by atoms with Crippen LogP contribution in [0.25, 0.3) is 21.9 Å². The number of rotatable bonds is 3. The molecular formula is C28H31N3O5. The van der Waals surface area contributed by atoms with Crippen molar-refractivity contribution in [3.8, 4) is 11.1 Å². The molecule has 8 nitrogen and oxygen atoms in total. The molecule has 3 aromatic carbocycles. The van der Waals surface area contributed by atoms with Crippen molar-refractivity contribution in [1.29, 1.82) is 0 Å². The number of nitrogens with zero attached hydrogens (tertiary/aromatic N) is 1. The summed E-state index contributed by atoms with van der Waals surface area (Å²) in [5.74, 6) is -1.38. The molecule has 188 valence electrons. The van der Waals surface area contributed by atoms with E-state index in [2.05, 4.69) is 5.32 Å². The molecule has 1 saturated heterocycles. The Balaban J connectivity index is 1.80. The highest BCUT2D eigenvalue weighted by molar-refractivity contribution is 6.10. The lowest BCUT2D eigenvalue weighted by Crippen LogP contribution is -2.47. The zero-order chi connectivity index (χ0) is 26.0. The van der Waals surface area contributed by atoms with Crippen LogP contribution >= 0.6 is 0 Å². The third kappa shape index (κ3) is 5.18. The second kappa shape index (κ2) is 9.99. The first-order chi connectivity index (χ1) is 17.1. The number of nitrogens with two attached hydrogens (primary N) is 1. The van der Waals surface area contributed by atoms with Gasteiger partial charge in [0.25, 0.3) is 0 Å². The van der Waals surface area contributed by atoms with Gasteiger partial charge < -0.3 is 25.4 Å². The molecule has 0 aliphatic carbocycles. The quantitative estimate of drug-likeness (QED) is 0.316. The molecule has 1 fully saturated rings. The molecule has 0 atom stereocenters. The van der Waals surface area contributed by atoms with Crippen LogP contribution in [-0.2, 0) is 9.47 Å². The number of piperazine rings is 1. The van der Waals surface area contributed by atoms with Gasteiger partial charge in [0.1, 0.15) is 5.60 Å². The summed E-state index contributed by atoms with van der Waals surface area (Å²) < 4.78 is 10.9. The number of ether oxygens (including phenoxy) is 2. The Kier molecular flexibility index (Phi) is 6.99. The molecule has 1 heterocycles. The van der Waals surface area contributed by atoms with Gasteiger partial charge >= 0.3 is 18.0 Å². The zero-order valence-corrected chi connectivity index (χ0v) is 21.0. The minimum absolute atomic E-state index is 0.128. The summed E-state index contributed by atoms with van der Waals surface area (Å²) in [7, 11) is 0. The molecule has 4 rings (SSSR count). The van der Waals surface area contributed by atoms with Crippen LogP contribution in [0.2, 0.25) is 0 Å². The van der Waals surface area contributed by atoms with E-state index in [-0.39, 0.29) is 11.1 Å². The van der Waals surface area contributed by atoms with Gasteiger partial charge in [-0.2, -0.15) is 0 Å². The molecule has 0 unspecified atom stereocenters. The predicted octanol–water partition coefficient (Wildman–Crippen LogP) is 4.53. The second-order valence-corrected chi connectivity index (χ2v) is 9.80. The first-order valence-corrected chi connectivity index (χ1v) is 11.9. The highest BCUT2D eigenvalue weighted by atomic mass is 16.6. The van der Waals surface area contributed by atoms with E-state index < -0.39 is 23.6 Å². The smallest absolute Gasteiger partial charge is 0.417 e. The van der Waals surface area contributed by atoms with E-state index in [4.69, 9.17) is 15.2 Å². The van der Waals surface area contributed by atoms with Crippen molar-refractivity contribution in [2.24, 2.45) is 0 Å². The van der Waals surface area contributed by atoms with E-state index >= 15 is 0 Å². The van der Waals surface area contributed by atoms with Crippen LogP contribution in [0.3, 0.4) is 0 Å². The van der Waals surface area contributed by atoms with Crippen molar-refractivity contribution < 1.29 is 23.9 Å². The van der Waals surface area contributed by atoms with E-state index in [1.165, 1.54) is 4.90 Å². The van der Waals surface area contributed by atoms with Gasteiger partial charge in [0.2, 0.25) is 0 Å². The van der Waals surface area contributed by atoms with Crippen molar-refractivity contribution in [1.82, 2.24) is 10.2 Å². The van der Waals surface area contributed by atoms with Gasteiger partial charge in [-0.3, -0.25) is 0 Å². The van der Waals surface area contributed by atoms with Crippen molar-refractivity contribution in [2.75, 3.05) is 31.9 Å². The van der Waals surface area contributed by atoms with Gasteiger partial charge in [-0.25, -0.2) is 14.4 Å². The van der Waals surface area contributed by atoms with E-state index in [0.717, 1.165) is 16.3 Å². The van der Waals surface area contributed by atoms with Crippen LogP contribution in [0.15, 0.2) is 48.5 Å². The molecule has 1 aliphatic rings. The lowest BCUT2D eigenvalue weighted by molar-refractivity contribution is 0.00696. The molecule has 0 saturated carbocycles. The Bertz CT molecular complexity index is 1340. The monoisotopic (exact) mass is 489 g/mol. The number of hydrogen-bond donors (Lipinski definition) is 2. The average molecular weight is 490 g/mol. The summed E-state index contributed by atoms with van der Waals surface area (Å²) in [6.45, 7) is 9.18. The van der Waals surface area contributed by atoms with Crippen LogP contribution < -0.4 is 11.1 Å². The highest BCUT2D eigenvalue weighted by Crippen LogP contribution is 2.36. The standard InChI is InChI=1S/C28H31N3O5/c1-17-18(25(32)35-27(34)31-15-13-30-14-16-31)9-10-22(24(17)26(33)36-28(2,3)4)20-11-12-23(29)21-8-6-5-7-19(20)21/h5-12,30H,13-16,29H2,1-4H3. The molecular weight excluding hydrogens is 458 g/mol. The number of carbonyl (C=O) groups excluding carboxylic acids is 3. The van der Waals surface area contributed by atoms with Crippen molar-refractivity contribution in [3.05, 3.63) is 65.2 Å². The maximum atomic E-state index is 13.4. The number of anilines is 1. The van der Waals surface area contributed by atoms with E-state index in [9.17, 15) is 14.4 Å². The number of benzene rings is 3. The molecule has 3 aromatic rings. The summed E-state index contributed by atoms with van der Waals surface area (Å²) in [5, 5.41) is 4.87. The number of carbonyl (C=O) groups is 3. The van der Waals surface area contributed by atoms with Gasteiger partial charge in [0, 0.05) is 37.3 Å². The Morgan fingerprint density at radius 3 is 2.19 bits per heavy atom. The topological polar surface area (TPSA) is 111 Å². The normalized spacial score (nSPS) is 13.9. The van der Waals surface area contributed by atoms with Crippen LogP contribution in [0, 0.1) is 6.92 Å². The van der Waals surface area contributed by atoms with E-state index in [1.54, 1.807) is 45.9 Å². The molecule has 36 heavy (non-hydrogen) atoms. The number of nitrogens with one attached hydrogen (secondary N) is 1. The first-order valence-electron chi connectivity index (χ1n) is 11.9. The maximum absolute atomic E-state index is 13.4. The van der Waals surface area contributed by atoms with E-state index in [0.29, 0.717) is 43.0 Å². The van der Waals surface area contributed by atoms with Crippen molar-refractivity contribution in [3.63, 3.8) is 0 Å². The molecule has 0 radical (unpaired) electrons. The third-order valence-electron chi connectivity index (χ3n) is 6.09. The molecule has 0 aromatic heterocycles. The Morgan fingerprint density at radius 2 is 1.53 bits per heavy atom. The maximum Gasteiger partial charge on any atom is 0.417 e. The lowest BCUT2D eigenvalue weighted by Gasteiger charge is -2.26. The number of amides is 1. The number of fused-ring (bicyclic) bond motifs is 1. The third-order valence-corrected chi connectivity index (χ3v) is 6.09. The van der Waals surface area contributed by atoms with Crippen molar-refractivity contribution >= 4 is 34.5 Å². The molecule has 1 aliphatic heterocycles. The molecule has 3 N–H and O–H groups in total. The van der Waals surface area contributed by atoms with Gasteiger partial charge in [-0.05, 0) is 61.9 Å². The number of esters is 2. The number of nitrogen functional groups attached to an aromatic ring is 1. The summed E-state index contributed by atoms with van der Waals surface area (Å²) in [6.07, 6.45) is -0.701. The molecule has 1 amide bonds. The fourth-order valence-electron chi connectivity index (χ4n) is 4.35. The predicted molar refractivity (Wildman–Crippen MR) is 139 cm³/mol. The van der Waals surface area contributed by atoms with Gasteiger partial charge in [0.15, 0.2) is 0 Å². The first kappa shape index (κ1) is 25.2. The zero-order valence-electron chi connectivity index (χ0n) is 21.0. The average Bonchev–Trinajstić information content (AvgIpc) is 2.83. The SMILES string of the molecule is Cc1c(C(=O)OC(=O)N2CCNCC2)ccc(-c2ccc(N)c3ccccc23)c1C(=O)OC(C)(C)C. The van der Waals surface area contributed by atoms with E-state index in [1.807, 2.05) is 30.3 Å². The van der Waals surface area contributed by atoms with Crippen LogP contribution in [-0.4, -0.2) is 54.7 Å². The Hall–Kier alpha value is -3.91. The summed E-state index contributed by atoms with van der Waals surface area (Å²) in [6, 6.07) is 14.6. The molecule has 8 heteroatoms. The summed E-state index contributed by atoms with van der Waals surface area (Å²) in [5.41, 5.74) is 8.19. The Morgan fingerprint density at radius 1 is 0.889 bits per heavy atom. The van der Waals surface area contributed by atoms with Gasteiger partial charge in [-0.15, -0.1) is 0 Å². The van der Waals surface area contributed by atoms with Crippen LogP contribution in [0.4, 0.5) is 10.5 Å². The second-order valence-electron chi connectivity index (χ2n) is 9.80. The largest absolute Gasteiger partial charge is 0.456 e. The van der Waals surface area contributed by atoms with Crippen molar-refractivity contribution in [2.45, 2.75) is 33.3 Å². The fraction of sp³-hybridized carbons (Fsp3) is 0.321. The van der Waals surface area contributed by atoms with Crippen LogP contribution in [0.1, 0.15) is 47.1 Å². The van der Waals surface area contributed by atoms with Crippen LogP contribution in [0.5, 0.6) is 0 Å². The summed E-state index contributed by atoms with van der Waals surface area (Å²) >= 11 is 0. The molecule has 0 bridgehead atoms. The van der Waals surface area contributed by atoms with Gasteiger partial charge in [0.05, 0.1) is 11.1 Å². The molecule has 0 spiro atoms. The minimum atomic E-state index is -0.811. The minimum Gasteiger partial charge on any atom is -0.456 e. The highest BCUT2D eigenvalue weighted by Gasteiger charge is 2.28. The fourth-order valence-corrected chi connectivity index (χ4v) is 4.35. The summed E-state index contributed by atoms with van der Waals surface area (Å²) in [4.78, 5) is 40.5. The number of hydrogen-bond acceptors (Lipinski definition) is 7. The Labute approximate surface area is 210 Å². The van der Waals surface area contributed by atoms with Gasteiger partial charge in [-0.1, -0.05) is 36.4 Å². The lowest BCUT2D eigenvalue weighted by atomic mass is 9.89.